The van der Waals surface area contributed by atoms with Crippen molar-refractivity contribution in [3.63, 3.8) is 0 Å². The maximum atomic E-state index is 12.7. The zero-order chi connectivity index (χ0) is 17.0. The Labute approximate surface area is 144 Å². The molecular weight excluding hydrogens is 322 g/mol. The molecule has 1 amide bonds. The first-order chi connectivity index (χ1) is 12.2. The van der Waals surface area contributed by atoms with Crippen LogP contribution in [0.1, 0.15) is 40.5 Å². The smallest absolute Gasteiger partial charge is 0.280 e. The standard InChI is InChI=1S/C17H21N5O3/c23-16-12-10-21(4-3-20-5-7-25-8-6-20)17(24)15(12)18-14-9-13(11-1-2-11)19-22(14)16/h9,11,18H,1-8,10H2. The predicted octanol–water partition coefficient (Wildman–Crippen LogP) is 0.188. The molecule has 0 radical (unpaired) electrons. The van der Waals surface area contributed by atoms with Crippen molar-refractivity contribution < 1.29 is 9.53 Å². The number of rotatable bonds is 4. The molecular formula is C17H21N5O3. The molecule has 5 rings (SSSR count). The Morgan fingerprint density at radius 1 is 1.20 bits per heavy atom. The first-order valence-corrected chi connectivity index (χ1v) is 8.95. The molecule has 1 N–H and O–H groups in total. The van der Waals surface area contributed by atoms with Gasteiger partial charge in [-0.1, -0.05) is 0 Å². The third kappa shape index (κ3) is 2.56. The molecule has 2 aliphatic heterocycles. The summed E-state index contributed by atoms with van der Waals surface area (Å²) < 4.78 is 6.77. The molecule has 4 heterocycles. The van der Waals surface area contributed by atoms with Crippen LogP contribution in [-0.4, -0.2) is 69.7 Å². The van der Waals surface area contributed by atoms with Crippen molar-refractivity contribution in [1.82, 2.24) is 24.4 Å². The summed E-state index contributed by atoms with van der Waals surface area (Å²) in [6.45, 7) is 5.07. The van der Waals surface area contributed by atoms with E-state index in [1.165, 1.54) is 4.52 Å². The number of carbonyl (C=O) groups is 1. The van der Waals surface area contributed by atoms with Gasteiger partial charge in [0.15, 0.2) is 0 Å². The molecule has 132 valence electrons. The topological polar surface area (TPSA) is 82.9 Å². The number of fused-ring (bicyclic) bond motifs is 2. The fourth-order valence-electron chi connectivity index (χ4n) is 3.68. The summed E-state index contributed by atoms with van der Waals surface area (Å²) in [5.41, 5.74) is 2.37. The lowest BCUT2D eigenvalue weighted by Gasteiger charge is -2.28. The average Bonchev–Trinajstić information content (AvgIpc) is 3.32. The van der Waals surface area contributed by atoms with Crippen molar-refractivity contribution in [3.05, 3.63) is 33.4 Å². The normalized spacial score (nSPS) is 21.3. The highest BCUT2D eigenvalue weighted by atomic mass is 16.5. The third-order valence-corrected chi connectivity index (χ3v) is 5.37. The molecule has 0 atom stereocenters. The van der Waals surface area contributed by atoms with Gasteiger partial charge in [-0.15, -0.1) is 0 Å². The van der Waals surface area contributed by atoms with Crippen molar-refractivity contribution >= 4 is 11.6 Å². The second-order valence-electron chi connectivity index (χ2n) is 7.10. The van der Waals surface area contributed by atoms with Gasteiger partial charge in [0.2, 0.25) is 0 Å². The van der Waals surface area contributed by atoms with Crippen LogP contribution in [0.5, 0.6) is 0 Å². The van der Waals surface area contributed by atoms with Crippen LogP contribution in [0.4, 0.5) is 0 Å². The summed E-state index contributed by atoms with van der Waals surface area (Å²) in [6, 6.07) is 1.91. The number of carbonyl (C=O) groups excluding carboxylic acids is 1. The second kappa shape index (κ2) is 5.67. The van der Waals surface area contributed by atoms with Gasteiger partial charge < -0.3 is 14.6 Å². The van der Waals surface area contributed by atoms with Gasteiger partial charge in [-0.3, -0.25) is 14.5 Å². The lowest BCUT2D eigenvalue weighted by atomic mass is 10.2. The fourth-order valence-corrected chi connectivity index (χ4v) is 3.68. The highest BCUT2D eigenvalue weighted by Gasteiger charge is 2.33. The van der Waals surface area contributed by atoms with Gasteiger partial charge in [0.25, 0.3) is 11.5 Å². The number of hydrogen-bond donors (Lipinski definition) is 1. The quantitative estimate of drug-likeness (QED) is 0.857. The van der Waals surface area contributed by atoms with E-state index in [1.54, 1.807) is 4.90 Å². The van der Waals surface area contributed by atoms with E-state index in [1.807, 2.05) is 6.07 Å². The molecule has 8 heteroatoms. The van der Waals surface area contributed by atoms with Crippen LogP contribution in [0.2, 0.25) is 0 Å². The van der Waals surface area contributed by atoms with E-state index < -0.39 is 0 Å². The summed E-state index contributed by atoms with van der Waals surface area (Å²) in [7, 11) is 0. The second-order valence-corrected chi connectivity index (χ2v) is 7.10. The molecule has 0 aromatic carbocycles. The number of H-pyrrole nitrogens is 1. The van der Waals surface area contributed by atoms with Crippen LogP contribution in [-0.2, 0) is 11.3 Å². The van der Waals surface area contributed by atoms with Gasteiger partial charge in [-0.05, 0) is 12.8 Å². The minimum absolute atomic E-state index is 0.0861. The molecule has 3 aliphatic rings. The Kier molecular flexibility index (Phi) is 3.42. The monoisotopic (exact) mass is 343 g/mol. The number of nitrogens with one attached hydrogen (secondary N) is 1. The number of morpholine rings is 1. The minimum atomic E-state index is -0.169. The average molecular weight is 343 g/mol. The van der Waals surface area contributed by atoms with Gasteiger partial charge >= 0.3 is 0 Å². The Bertz CT molecular complexity index is 892. The van der Waals surface area contributed by atoms with Gasteiger partial charge in [0, 0.05) is 38.2 Å². The number of aromatic amines is 1. The molecule has 0 spiro atoms. The summed E-state index contributed by atoms with van der Waals surface area (Å²) >= 11 is 0. The zero-order valence-corrected chi connectivity index (χ0v) is 14.0. The molecule has 1 aliphatic carbocycles. The molecule has 1 saturated heterocycles. The zero-order valence-electron chi connectivity index (χ0n) is 14.0. The summed E-state index contributed by atoms with van der Waals surface area (Å²) in [4.78, 5) is 32.6. The van der Waals surface area contributed by atoms with Crippen molar-refractivity contribution in [2.75, 3.05) is 39.4 Å². The lowest BCUT2D eigenvalue weighted by Crippen LogP contribution is -2.41. The maximum Gasteiger partial charge on any atom is 0.280 e. The first kappa shape index (κ1) is 15.1. The Morgan fingerprint density at radius 3 is 2.76 bits per heavy atom. The third-order valence-electron chi connectivity index (χ3n) is 5.37. The SMILES string of the molecule is O=C1c2[nH]c3cc(C4CC4)nn3c(=O)c2CN1CCN1CCOCC1. The maximum absolute atomic E-state index is 12.7. The van der Waals surface area contributed by atoms with Crippen LogP contribution in [0, 0.1) is 0 Å². The molecule has 2 fully saturated rings. The summed E-state index contributed by atoms with van der Waals surface area (Å²) in [5.74, 6) is 0.389. The number of amides is 1. The van der Waals surface area contributed by atoms with E-state index >= 15 is 0 Å². The van der Waals surface area contributed by atoms with Crippen molar-refractivity contribution in [3.8, 4) is 0 Å². The predicted molar refractivity (Wildman–Crippen MR) is 89.8 cm³/mol. The summed E-state index contributed by atoms with van der Waals surface area (Å²) in [5, 5.41) is 4.44. The highest BCUT2D eigenvalue weighted by Crippen LogP contribution is 2.39. The first-order valence-electron chi connectivity index (χ1n) is 8.95. The number of ether oxygens (including phenoxy) is 1. The van der Waals surface area contributed by atoms with Gasteiger partial charge in [0.05, 0.1) is 31.0 Å². The minimum Gasteiger partial charge on any atom is -0.379 e. The van der Waals surface area contributed by atoms with E-state index in [4.69, 9.17) is 4.74 Å². The Balaban J connectivity index is 1.38. The van der Waals surface area contributed by atoms with E-state index in [2.05, 4.69) is 15.0 Å². The Morgan fingerprint density at radius 2 is 2.00 bits per heavy atom. The van der Waals surface area contributed by atoms with Crippen LogP contribution in [0.15, 0.2) is 10.9 Å². The van der Waals surface area contributed by atoms with E-state index in [0.29, 0.717) is 35.9 Å². The Hall–Kier alpha value is -2.19. The molecule has 1 saturated carbocycles. The largest absolute Gasteiger partial charge is 0.379 e. The van der Waals surface area contributed by atoms with E-state index in [9.17, 15) is 9.59 Å². The van der Waals surface area contributed by atoms with E-state index in [-0.39, 0.29) is 11.5 Å². The number of nitrogens with zero attached hydrogens (tertiary/aromatic N) is 4. The number of aromatic nitrogens is 3. The van der Waals surface area contributed by atoms with Gasteiger partial charge in [-0.2, -0.15) is 9.61 Å². The van der Waals surface area contributed by atoms with Crippen molar-refractivity contribution in [2.24, 2.45) is 0 Å². The van der Waals surface area contributed by atoms with Crippen LogP contribution in [0.25, 0.3) is 5.65 Å². The molecule has 8 nitrogen and oxygen atoms in total. The molecule has 0 unspecified atom stereocenters. The summed E-state index contributed by atoms with van der Waals surface area (Å²) in [6.07, 6.45) is 2.26. The molecule has 25 heavy (non-hydrogen) atoms. The fraction of sp³-hybridized carbons (Fsp3) is 0.588. The van der Waals surface area contributed by atoms with Gasteiger partial charge in [0.1, 0.15) is 11.3 Å². The van der Waals surface area contributed by atoms with Crippen LogP contribution < -0.4 is 5.56 Å². The lowest BCUT2D eigenvalue weighted by molar-refractivity contribution is 0.0327. The van der Waals surface area contributed by atoms with Crippen molar-refractivity contribution in [1.29, 1.82) is 0 Å². The van der Waals surface area contributed by atoms with Crippen LogP contribution >= 0.6 is 0 Å². The van der Waals surface area contributed by atoms with E-state index in [0.717, 1.165) is 51.4 Å². The molecule has 2 aromatic heterocycles. The van der Waals surface area contributed by atoms with Crippen molar-refractivity contribution in [2.45, 2.75) is 25.3 Å². The molecule has 0 bridgehead atoms. The van der Waals surface area contributed by atoms with Crippen LogP contribution in [0.3, 0.4) is 0 Å². The molecule has 2 aromatic rings. The van der Waals surface area contributed by atoms with Gasteiger partial charge in [-0.25, -0.2) is 0 Å². The highest BCUT2D eigenvalue weighted by molar-refractivity contribution is 5.96. The number of hydrogen-bond acceptors (Lipinski definition) is 5.